The molecule has 1 saturated heterocycles. The van der Waals surface area contributed by atoms with Gasteiger partial charge in [0.25, 0.3) is 0 Å². The lowest BCUT2D eigenvalue weighted by atomic mass is 9.96. The summed E-state index contributed by atoms with van der Waals surface area (Å²) in [6.45, 7) is 5.30. The first-order chi connectivity index (χ1) is 15.5. The Balaban J connectivity index is 1.34. The van der Waals surface area contributed by atoms with Crippen molar-refractivity contribution in [2.24, 2.45) is 11.7 Å². The summed E-state index contributed by atoms with van der Waals surface area (Å²) < 4.78 is 0. The standard InChI is InChI=1S/C25H31N5O2/c1-18-4-2-5-21(16-18)19-7-14-30(15-8-19)25(32)28-17-22-6-3-11-27-24(22)29-12-9-20(10-13-29)23(26)31/h2-7,11,16,20H,8-10,12-15,17H2,1H3,(H2,26,31)(H,28,32). The van der Waals surface area contributed by atoms with Crippen molar-refractivity contribution in [3.05, 3.63) is 65.4 Å². The molecule has 0 unspecified atom stereocenters. The molecule has 7 heteroatoms. The largest absolute Gasteiger partial charge is 0.369 e. The molecule has 3 N–H and O–H groups in total. The van der Waals surface area contributed by atoms with E-state index in [1.54, 1.807) is 6.20 Å². The summed E-state index contributed by atoms with van der Waals surface area (Å²) in [6, 6.07) is 12.3. The maximum absolute atomic E-state index is 12.8. The Bertz CT molecular complexity index is 1010. The Morgan fingerprint density at radius 1 is 1.16 bits per heavy atom. The lowest BCUT2D eigenvalue weighted by molar-refractivity contribution is -0.122. The maximum atomic E-state index is 12.8. The van der Waals surface area contributed by atoms with Crippen LogP contribution in [0.1, 0.15) is 36.0 Å². The molecule has 32 heavy (non-hydrogen) atoms. The molecule has 168 valence electrons. The third-order valence-electron chi connectivity index (χ3n) is 6.38. The van der Waals surface area contributed by atoms with Crippen molar-refractivity contribution in [2.45, 2.75) is 32.7 Å². The van der Waals surface area contributed by atoms with Gasteiger partial charge in [0, 0.05) is 50.4 Å². The van der Waals surface area contributed by atoms with Gasteiger partial charge in [-0.05, 0) is 43.4 Å². The van der Waals surface area contributed by atoms with E-state index in [-0.39, 0.29) is 17.9 Å². The molecular weight excluding hydrogens is 402 g/mol. The molecule has 7 nitrogen and oxygen atoms in total. The van der Waals surface area contributed by atoms with Crippen molar-refractivity contribution < 1.29 is 9.59 Å². The maximum Gasteiger partial charge on any atom is 0.317 e. The van der Waals surface area contributed by atoms with E-state index in [0.29, 0.717) is 19.6 Å². The fourth-order valence-electron chi connectivity index (χ4n) is 4.47. The summed E-state index contributed by atoms with van der Waals surface area (Å²) in [6.07, 6.45) is 6.24. The van der Waals surface area contributed by atoms with Gasteiger partial charge in [0.05, 0.1) is 0 Å². The highest BCUT2D eigenvalue weighted by molar-refractivity contribution is 5.77. The van der Waals surface area contributed by atoms with Crippen LogP contribution in [-0.2, 0) is 11.3 Å². The number of hydrogen-bond donors (Lipinski definition) is 2. The summed E-state index contributed by atoms with van der Waals surface area (Å²) in [5.74, 6) is 0.588. The predicted octanol–water partition coefficient (Wildman–Crippen LogP) is 3.09. The van der Waals surface area contributed by atoms with Gasteiger partial charge in [-0.1, -0.05) is 42.0 Å². The molecule has 1 aromatic carbocycles. The highest BCUT2D eigenvalue weighted by Gasteiger charge is 2.25. The van der Waals surface area contributed by atoms with Gasteiger partial charge in [0.1, 0.15) is 5.82 Å². The number of aromatic nitrogens is 1. The minimum atomic E-state index is -0.223. The SMILES string of the molecule is Cc1cccc(C2=CCN(C(=O)NCc3cccnc3N3CCC(C(N)=O)CC3)CC2)c1. The smallest absolute Gasteiger partial charge is 0.317 e. The number of rotatable bonds is 5. The van der Waals surface area contributed by atoms with E-state index in [1.807, 2.05) is 17.0 Å². The van der Waals surface area contributed by atoms with Crippen molar-refractivity contribution >= 4 is 23.3 Å². The molecule has 1 aromatic heterocycles. The van der Waals surface area contributed by atoms with Gasteiger partial charge in [-0.2, -0.15) is 0 Å². The molecule has 2 aliphatic rings. The van der Waals surface area contributed by atoms with Gasteiger partial charge in [-0.15, -0.1) is 0 Å². The Labute approximate surface area is 189 Å². The number of anilines is 1. The van der Waals surface area contributed by atoms with Crippen LogP contribution in [0.2, 0.25) is 0 Å². The molecule has 3 amide bonds. The van der Waals surface area contributed by atoms with Crippen molar-refractivity contribution in [1.29, 1.82) is 0 Å². The summed E-state index contributed by atoms with van der Waals surface area (Å²) >= 11 is 0. The van der Waals surface area contributed by atoms with Crippen LogP contribution in [0.15, 0.2) is 48.7 Å². The lowest BCUT2D eigenvalue weighted by Crippen LogP contribution is -2.42. The topological polar surface area (TPSA) is 91.6 Å². The highest BCUT2D eigenvalue weighted by atomic mass is 16.2. The second-order valence-electron chi connectivity index (χ2n) is 8.60. The van der Waals surface area contributed by atoms with Gasteiger partial charge in [0.2, 0.25) is 5.91 Å². The molecular formula is C25H31N5O2. The first-order valence-electron chi connectivity index (χ1n) is 11.3. The monoisotopic (exact) mass is 433 g/mol. The molecule has 4 rings (SSSR count). The zero-order valence-corrected chi connectivity index (χ0v) is 18.6. The highest BCUT2D eigenvalue weighted by Crippen LogP contribution is 2.25. The van der Waals surface area contributed by atoms with E-state index >= 15 is 0 Å². The first-order valence-corrected chi connectivity index (χ1v) is 11.3. The number of nitrogens with zero attached hydrogens (tertiary/aromatic N) is 3. The zero-order chi connectivity index (χ0) is 22.5. The van der Waals surface area contributed by atoms with Crippen molar-refractivity contribution in [2.75, 3.05) is 31.1 Å². The van der Waals surface area contributed by atoms with Crippen molar-refractivity contribution in [3.8, 4) is 0 Å². The zero-order valence-electron chi connectivity index (χ0n) is 18.6. The van der Waals surface area contributed by atoms with E-state index in [4.69, 9.17) is 5.73 Å². The van der Waals surface area contributed by atoms with Crippen LogP contribution in [0.25, 0.3) is 5.57 Å². The normalized spacial score (nSPS) is 17.1. The number of urea groups is 1. The van der Waals surface area contributed by atoms with Gasteiger partial charge < -0.3 is 20.9 Å². The number of piperidine rings is 1. The van der Waals surface area contributed by atoms with Crippen LogP contribution in [0.5, 0.6) is 0 Å². The van der Waals surface area contributed by atoms with Gasteiger partial charge in [0.15, 0.2) is 0 Å². The molecule has 0 bridgehead atoms. The second kappa shape index (κ2) is 9.85. The van der Waals surface area contributed by atoms with Crippen LogP contribution in [0, 0.1) is 12.8 Å². The van der Waals surface area contributed by atoms with Crippen LogP contribution in [0.4, 0.5) is 10.6 Å². The number of pyridine rings is 1. The molecule has 1 fully saturated rings. The molecule has 0 spiro atoms. The molecule has 0 aliphatic carbocycles. The minimum absolute atomic E-state index is 0.0602. The molecule has 3 heterocycles. The van der Waals surface area contributed by atoms with E-state index in [2.05, 4.69) is 52.5 Å². The minimum Gasteiger partial charge on any atom is -0.369 e. The Morgan fingerprint density at radius 2 is 1.97 bits per heavy atom. The number of carbonyl (C=O) groups is 2. The van der Waals surface area contributed by atoms with Crippen molar-refractivity contribution in [3.63, 3.8) is 0 Å². The number of hydrogen-bond acceptors (Lipinski definition) is 4. The molecule has 0 radical (unpaired) electrons. The first kappa shape index (κ1) is 21.9. The quantitative estimate of drug-likeness (QED) is 0.758. The van der Waals surface area contributed by atoms with E-state index < -0.39 is 0 Å². The number of amides is 3. The third kappa shape index (κ3) is 5.10. The number of aryl methyl sites for hydroxylation is 1. The van der Waals surface area contributed by atoms with Gasteiger partial charge in [-0.25, -0.2) is 9.78 Å². The van der Waals surface area contributed by atoms with Crippen molar-refractivity contribution in [1.82, 2.24) is 15.2 Å². The van der Waals surface area contributed by atoms with Crippen LogP contribution >= 0.6 is 0 Å². The summed E-state index contributed by atoms with van der Waals surface area (Å²) in [4.78, 5) is 32.8. The molecule has 2 aliphatic heterocycles. The number of carbonyl (C=O) groups excluding carboxylic acids is 2. The molecule has 2 aromatic rings. The Morgan fingerprint density at radius 3 is 2.66 bits per heavy atom. The average molecular weight is 434 g/mol. The number of nitrogens with two attached hydrogens (primary N) is 1. The number of benzene rings is 1. The van der Waals surface area contributed by atoms with E-state index in [0.717, 1.165) is 43.7 Å². The Hall–Kier alpha value is -3.35. The lowest BCUT2D eigenvalue weighted by Gasteiger charge is -2.33. The fourth-order valence-corrected chi connectivity index (χ4v) is 4.47. The van der Waals surface area contributed by atoms with Crippen LogP contribution in [0.3, 0.4) is 0 Å². The second-order valence-corrected chi connectivity index (χ2v) is 8.60. The van der Waals surface area contributed by atoms with Gasteiger partial charge >= 0.3 is 6.03 Å². The summed E-state index contributed by atoms with van der Waals surface area (Å²) in [5.41, 5.74) is 10.2. The summed E-state index contributed by atoms with van der Waals surface area (Å²) in [7, 11) is 0. The van der Waals surface area contributed by atoms with Gasteiger partial charge in [-0.3, -0.25) is 4.79 Å². The van der Waals surface area contributed by atoms with Crippen LogP contribution < -0.4 is 16.0 Å². The Kier molecular flexibility index (Phi) is 6.73. The van der Waals surface area contributed by atoms with Crippen LogP contribution in [-0.4, -0.2) is 48.0 Å². The molecule has 0 saturated carbocycles. The number of nitrogens with one attached hydrogen (secondary N) is 1. The predicted molar refractivity (Wildman–Crippen MR) is 126 cm³/mol. The average Bonchev–Trinajstić information content (AvgIpc) is 2.83. The molecule has 0 atom stereocenters. The third-order valence-corrected chi connectivity index (χ3v) is 6.38. The van der Waals surface area contributed by atoms with E-state index in [9.17, 15) is 9.59 Å². The van der Waals surface area contributed by atoms with E-state index in [1.165, 1.54) is 16.7 Å². The fraction of sp³-hybridized carbons (Fsp3) is 0.400. The number of primary amides is 1. The summed E-state index contributed by atoms with van der Waals surface area (Å²) in [5, 5.41) is 3.06.